The van der Waals surface area contributed by atoms with Crippen LogP contribution in [0.15, 0.2) is 24.3 Å². The maximum Gasteiger partial charge on any atom is 0.0401 e. The summed E-state index contributed by atoms with van der Waals surface area (Å²) in [6, 6.07) is 8.99. The standard InChI is InChI=1S/C16H25Cl/c1-5-6-16(17)13(4)15-9-7-14(8-10-15)11-12(2)3/h7-10,12-13,16H,5-6,11H2,1-4H3. The topological polar surface area (TPSA) is 0 Å². The number of halogens is 1. The van der Waals surface area contributed by atoms with E-state index in [-0.39, 0.29) is 5.38 Å². The lowest BCUT2D eigenvalue weighted by Crippen LogP contribution is -2.09. The van der Waals surface area contributed by atoms with Crippen molar-refractivity contribution in [1.29, 1.82) is 0 Å². The van der Waals surface area contributed by atoms with Crippen LogP contribution in [0.3, 0.4) is 0 Å². The second-order valence-electron chi connectivity index (χ2n) is 5.43. The molecule has 0 radical (unpaired) electrons. The summed E-state index contributed by atoms with van der Waals surface area (Å²) in [4.78, 5) is 0. The van der Waals surface area contributed by atoms with Crippen molar-refractivity contribution >= 4 is 11.6 Å². The molecule has 17 heavy (non-hydrogen) atoms. The lowest BCUT2D eigenvalue weighted by Gasteiger charge is -2.18. The molecule has 0 aromatic heterocycles. The summed E-state index contributed by atoms with van der Waals surface area (Å²) in [5.41, 5.74) is 2.79. The highest BCUT2D eigenvalue weighted by Crippen LogP contribution is 2.26. The predicted molar refractivity (Wildman–Crippen MR) is 77.9 cm³/mol. The first-order chi connectivity index (χ1) is 8.04. The van der Waals surface area contributed by atoms with Gasteiger partial charge in [0.25, 0.3) is 0 Å². The van der Waals surface area contributed by atoms with Crippen LogP contribution >= 0.6 is 11.6 Å². The summed E-state index contributed by atoms with van der Waals surface area (Å²) in [6.07, 6.45) is 3.41. The van der Waals surface area contributed by atoms with Gasteiger partial charge in [-0.2, -0.15) is 0 Å². The molecule has 0 fully saturated rings. The molecule has 0 aliphatic carbocycles. The minimum absolute atomic E-state index is 0.260. The Bertz CT molecular complexity index is 313. The third-order valence-corrected chi connectivity index (χ3v) is 3.85. The first kappa shape index (κ1) is 14.6. The number of alkyl halides is 1. The van der Waals surface area contributed by atoms with Crippen molar-refractivity contribution in [3.63, 3.8) is 0 Å². The van der Waals surface area contributed by atoms with Gasteiger partial charge in [0, 0.05) is 5.38 Å². The van der Waals surface area contributed by atoms with Crippen LogP contribution in [0.4, 0.5) is 0 Å². The highest BCUT2D eigenvalue weighted by atomic mass is 35.5. The lowest BCUT2D eigenvalue weighted by atomic mass is 9.93. The van der Waals surface area contributed by atoms with Gasteiger partial charge in [0.15, 0.2) is 0 Å². The molecule has 0 spiro atoms. The van der Waals surface area contributed by atoms with Gasteiger partial charge in [-0.3, -0.25) is 0 Å². The summed E-state index contributed by atoms with van der Waals surface area (Å²) in [5.74, 6) is 1.17. The summed E-state index contributed by atoms with van der Waals surface area (Å²) >= 11 is 6.39. The molecule has 1 aromatic carbocycles. The molecule has 0 bridgehead atoms. The van der Waals surface area contributed by atoms with Crippen molar-refractivity contribution in [2.45, 2.75) is 58.3 Å². The zero-order valence-electron chi connectivity index (χ0n) is 11.5. The Balaban J connectivity index is 2.66. The summed E-state index contributed by atoms with van der Waals surface area (Å²) < 4.78 is 0. The average Bonchev–Trinajstić information content (AvgIpc) is 2.28. The quantitative estimate of drug-likeness (QED) is 0.595. The molecule has 0 saturated heterocycles. The molecular weight excluding hydrogens is 228 g/mol. The zero-order valence-corrected chi connectivity index (χ0v) is 12.3. The number of hydrogen-bond donors (Lipinski definition) is 0. The van der Waals surface area contributed by atoms with Gasteiger partial charge in [0.05, 0.1) is 0 Å². The molecule has 0 aliphatic rings. The molecule has 2 atom stereocenters. The van der Waals surface area contributed by atoms with E-state index >= 15 is 0 Å². The average molecular weight is 253 g/mol. The van der Waals surface area contributed by atoms with E-state index < -0.39 is 0 Å². The Kier molecular flexibility index (Phi) is 6.05. The van der Waals surface area contributed by atoms with E-state index in [4.69, 9.17) is 11.6 Å². The second-order valence-corrected chi connectivity index (χ2v) is 5.99. The minimum atomic E-state index is 0.260. The van der Waals surface area contributed by atoms with E-state index in [9.17, 15) is 0 Å². The highest BCUT2D eigenvalue weighted by molar-refractivity contribution is 6.21. The van der Waals surface area contributed by atoms with Gasteiger partial charge in [-0.1, -0.05) is 58.4 Å². The Morgan fingerprint density at radius 2 is 1.65 bits per heavy atom. The minimum Gasteiger partial charge on any atom is -0.122 e. The van der Waals surface area contributed by atoms with Crippen LogP contribution in [0.5, 0.6) is 0 Å². The van der Waals surface area contributed by atoms with Crippen LogP contribution < -0.4 is 0 Å². The van der Waals surface area contributed by atoms with Gasteiger partial charge >= 0.3 is 0 Å². The molecule has 0 amide bonds. The van der Waals surface area contributed by atoms with E-state index in [0.29, 0.717) is 5.92 Å². The fraction of sp³-hybridized carbons (Fsp3) is 0.625. The molecule has 0 saturated carbocycles. The SMILES string of the molecule is CCCC(Cl)C(C)c1ccc(CC(C)C)cc1. The van der Waals surface area contributed by atoms with E-state index in [0.717, 1.165) is 25.2 Å². The van der Waals surface area contributed by atoms with Gasteiger partial charge in [-0.15, -0.1) is 11.6 Å². The van der Waals surface area contributed by atoms with Crippen molar-refractivity contribution in [3.05, 3.63) is 35.4 Å². The molecule has 1 aromatic rings. The van der Waals surface area contributed by atoms with Gasteiger partial charge in [0.2, 0.25) is 0 Å². The van der Waals surface area contributed by atoms with Crippen LogP contribution in [-0.2, 0) is 6.42 Å². The summed E-state index contributed by atoms with van der Waals surface area (Å²) in [5, 5.41) is 0.260. The van der Waals surface area contributed by atoms with Crippen molar-refractivity contribution in [2.75, 3.05) is 0 Å². The van der Waals surface area contributed by atoms with Crippen LogP contribution in [0, 0.1) is 5.92 Å². The molecule has 0 nitrogen and oxygen atoms in total. The van der Waals surface area contributed by atoms with Crippen LogP contribution in [-0.4, -0.2) is 5.38 Å². The largest absolute Gasteiger partial charge is 0.122 e. The lowest BCUT2D eigenvalue weighted by molar-refractivity contribution is 0.630. The molecule has 1 heteroatoms. The molecule has 1 rings (SSSR count). The molecule has 0 N–H and O–H groups in total. The summed E-state index contributed by atoms with van der Waals surface area (Å²) in [7, 11) is 0. The van der Waals surface area contributed by atoms with Crippen molar-refractivity contribution in [3.8, 4) is 0 Å². The molecule has 96 valence electrons. The van der Waals surface area contributed by atoms with Gasteiger partial charge in [0.1, 0.15) is 0 Å². The maximum absolute atomic E-state index is 6.39. The molecule has 0 heterocycles. The molecular formula is C16H25Cl. The Labute approximate surface area is 111 Å². The third kappa shape index (κ3) is 4.71. The van der Waals surface area contributed by atoms with E-state index in [1.165, 1.54) is 11.1 Å². The monoisotopic (exact) mass is 252 g/mol. The first-order valence-electron chi connectivity index (χ1n) is 6.77. The molecule has 0 aliphatic heterocycles. The third-order valence-electron chi connectivity index (χ3n) is 3.26. The zero-order chi connectivity index (χ0) is 12.8. The second kappa shape index (κ2) is 7.06. The normalized spacial score (nSPS) is 14.9. The summed E-state index contributed by atoms with van der Waals surface area (Å²) in [6.45, 7) is 8.93. The Morgan fingerprint density at radius 3 is 2.12 bits per heavy atom. The maximum atomic E-state index is 6.39. The highest BCUT2D eigenvalue weighted by Gasteiger charge is 2.15. The number of rotatable bonds is 6. The smallest absolute Gasteiger partial charge is 0.0401 e. The van der Waals surface area contributed by atoms with Crippen molar-refractivity contribution in [1.82, 2.24) is 0 Å². The van der Waals surface area contributed by atoms with Gasteiger partial charge in [-0.05, 0) is 35.8 Å². The fourth-order valence-corrected chi connectivity index (χ4v) is 2.53. The van der Waals surface area contributed by atoms with E-state index in [2.05, 4.69) is 52.0 Å². The fourth-order valence-electron chi connectivity index (χ4n) is 2.16. The van der Waals surface area contributed by atoms with Crippen LogP contribution in [0.2, 0.25) is 0 Å². The Morgan fingerprint density at radius 1 is 1.06 bits per heavy atom. The number of benzene rings is 1. The first-order valence-corrected chi connectivity index (χ1v) is 7.21. The van der Waals surface area contributed by atoms with Gasteiger partial charge < -0.3 is 0 Å². The predicted octanol–water partition coefficient (Wildman–Crippen LogP) is 5.40. The van der Waals surface area contributed by atoms with Crippen LogP contribution in [0.1, 0.15) is 57.6 Å². The van der Waals surface area contributed by atoms with Crippen molar-refractivity contribution in [2.24, 2.45) is 5.92 Å². The van der Waals surface area contributed by atoms with Gasteiger partial charge in [-0.25, -0.2) is 0 Å². The van der Waals surface area contributed by atoms with Crippen molar-refractivity contribution < 1.29 is 0 Å². The molecule has 2 unspecified atom stereocenters. The van der Waals surface area contributed by atoms with E-state index in [1.54, 1.807) is 0 Å². The van der Waals surface area contributed by atoms with E-state index in [1.807, 2.05) is 0 Å². The number of hydrogen-bond acceptors (Lipinski definition) is 0. The Hall–Kier alpha value is -0.490. The van der Waals surface area contributed by atoms with Crippen LogP contribution in [0.25, 0.3) is 0 Å².